The molecule has 1 aliphatic heterocycles. The average Bonchev–Trinajstić information content (AvgIpc) is 2.63. The molecule has 11 heteroatoms. The molecule has 1 aromatic rings. The molecule has 1 N–H and O–H groups in total. The number of carbonyl (C=O) groups is 3. The fraction of sp³-hybridized carbons (Fsp3) is 0.500. The van der Waals surface area contributed by atoms with Crippen molar-refractivity contribution in [2.75, 3.05) is 5.75 Å². The van der Waals surface area contributed by atoms with E-state index in [1.165, 1.54) is 36.0 Å². The molecule has 1 amide bonds. The van der Waals surface area contributed by atoms with E-state index in [1.54, 1.807) is 0 Å². The number of amides is 1. The van der Waals surface area contributed by atoms with Crippen LogP contribution in [0.3, 0.4) is 0 Å². The van der Waals surface area contributed by atoms with Gasteiger partial charge in [-0.25, -0.2) is 4.79 Å². The summed E-state index contributed by atoms with van der Waals surface area (Å²) in [6.45, 7) is 5.74. The molecule has 0 saturated carbocycles. The van der Waals surface area contributed by atoms with Crippen LogP contribution in [-0.4, -0.2) is 54.0 Å². The third-order valence-corrected chi connectivity index (χ3v) is 6.37. The van der Waals surface area contributed by atoms with E-state index in [0.717, 1.165) is 16.7 Å². The molecule has 0 bridgehead atoms. The van der Waals surface area contributed by atoms with Gasteiger partial charge in [0.15, 0.2) is 0 Å². The first-order valence-electron chi connectivity index (χ1n) is 8.70. The SMILES string of the molecule is CC(C)(C)SCC(=O)SC1CC(=O)N1C(O)C(=O)OCc1ccc([N+](=O)[O-])cc1. The first-order chi connectivity index (χ1) is 13.5. The zero-order valence-electron chi connectivity index (χ0n) is 16.2. The van der Waals surface area contributed by atoms with Gasteiger partial charge in [-0.2, -0.15) is 0 Å². The van der Waals surface area contributed by atoms with Crippen molar-refractivity contribution < 1.29 is 29.2 Å². The topological polar surface area (TPSA) is 127 Å². The summed E-state index contributed by atoms with van der Waals surface area (Å²) in [6, 6.07) is 5.40. The standard InChI is InChI=1S/C18H22N2O7S2/c1-18(2,3)28-10-15(22)29-14-8-13(21)19(14)16(23)17(24)27-9-11-4-6-12(7-5-11)20(25)26/h4-7,14,16,23H,8-10H2,1-3H3. The van der Waals surface area contributed by atoms with E-state index in [9.17, 15) is 29.6 Å². The Labute approximate surface area is 176 Å². The van der Waals surface area contributed by atoms with Crippen LogP contribution in [0.15, 0.2) is 24.3 Å². The van der Waals surface area contributed by atoms with Crippen molar-refractivity contribution >= 4 is 46.2 Å². The molecule has 1 fully saturated rings. The third kappa shape index (κ3) is 6.72. The van der Waals surface area contributed by atoms with Crippen molar-refractivity contribution in [2.45, 2.75) is 50.1 Å². The smallest absolute Gasteiger partial charge is 0.356 e. The minimum absolute atomic E-state index is 0.0588. The number of benzene rings is 1. The van der Waals surface area contributed by atoms with Gasteiger partial charge in [0.2, 0.25) is 17.3 Å². The van der Waals surface area contributed by atoms with E-state index in [2.05, 4.69) is 0 Å². The lowest BCUT2D eigenvalue weighted by Gasteiger charge is -2.41. The number of nitrogens with zero attached hydrogens (tertiary/aromatic N) is 2. The Kier molecular flexibility index (Phi) is 7.66. The minimum Gasteiger partial charge on any atom is -0.457 e. The summed E-state index contributed by atoms with van der Waals surface area (Å²) in [5.74, 6) is -1.22. The number of thioether (sulfide) groups is 2. The van der Waals surface area contributed by atoms with E-state index >= 15 is 0 Å². The number of esters is 1. The van der Waals surface area contributed by atoms with Crippen molar-refractivity contribution in [3.63, 3.8) is 0 Å². The maximum absolute atomic E-state index is 12.1. The number of aliphatic hydroxyl groups is 1. The summed E-state index contributed by atoms with van der Waals surface area (Å²) in [6.07, 6.45) is -1.75. The highest BCUT2D eigenvalue weighted by atomic mass is 32.2. The van der Waals surface area contributed by atoms with Crippen molar-refractivity contribution in [3.05, 3.63) is 39.9 Å². The van der Waals surface area contributed by atoms with Gasteiger partial charge in [0, 0.05) is 16.9 Å². The van der Waals surface area contributed by atoms with Crippen LogP contribution in [0.4, 0.5) is 5.69 Å². The van der Waals surface area contributed by atoms with Crippen LogP contribution >= 0.6 is 23.5 Å². The van der Waals surface area contributed by atoms with Crippen LogP contribution in [0.25, 0.3) is 0 Å². The summed E-state index contributed by atoms with van der Waals surface area (Å²) in [7, 11) is 0. The summed E-state index contributed by atoms with van der Waals surface area (Å²) < 4.78 is 4.91. The third-order valence-electron chi connectivity index (χ3n) is 3.84. The summed E-state index contributed by atoms with van der Waals surface area (Å²) >= 11 is 2.39. The van der Waals surface area contributed by atoms with Crippen LogP contribution in [-0.2, 0) is 25.7 Å². The molecule has 2 unspecified atom stereocenters. The maximum atomic E-state index is 12.1. The first-order valence-corrected chi connectivity index (χ1v) is 10.6. The van der Waals surface area contributed by atoms with E-state index in [4.69, 9.17) is 4.74 Å². The maximum Gasteiger partial charge on any atom is 0.356 e. The summed E-state index contributed by atoms with van der Waals surface area (Å²) in [5.41, 5.74) is 0.395. The fourth-order valence-corrected chi connectivity index (χ4v) is 4.19. The molecule has 0 aliphatic carbocycles. The van der Waals surface area contributed by atoms with Crippen LogP contribution in [0, 0.1) is 10.1 Å². The van der Waals surface area contributed by atoms with Crippen molar-refractivity contribution in [1.29, 1.82) is 0 Å². The van der Waals surface area contributed by atoms with Gasteiger partial charge in [-0.3, -0.25) is 24.6 Å². The predicted octanol–water partition coefficient (Wildman–Crippen LogP) is 2.31. The molecular formula is C18H22N2O7S2. The minimum atomic E-state index is -1.81. The van der Waals surface area contributed by atoms with Crippen LogP contribution < -0.4 is 0 Å². The molecule has 1 saturated heterocycles. The molecular weight excluding hydrogens is 420 g/mol. The van der Waals surface area contributed by atoms with E-state index in [-0.39, 0.29) is 34.3 Å². The molecule has 0 radical (unpaired) electrons. The predicted molar refractivity (Wildman–Crippen MR) is 109 cm³/mol. The molecule has 1 aromatic carbocycles. The number of hydrogen-bond acceptors (Lipinski definition) is 9. The number of non-ortho nitro benzene ring substituents is 1. The molecule has 1 aliphatic rings. The second kappa shape index (κ2) is 9.59. The quantitative estimate of drug-likeness (QED) is 0.279. The molecule has 2 atom stereocenters. The Morgan fingerprint density at radius 1 is 1.34 bits per heavy atom. The number of ether oxygens (including phenoxy) is 1. The highest BCUT2D eigenvalue weighted by Gasteiger charge is 2.45. The van der Waals surface area contributed by atoms with Gasteiger partial charge < -0.3 is 9.84 Å². The van der Waals surface area contributed by atoms with Crippen LogP contribution in [0.5, 0.6) is 0 Å². The average molecular weight is 443 g/mol. The van der Waals surface area contributed by atoms with Gasteiger partial charge in [-0.1, -0.05) is 32.5 Å². The molecule has 0 aromatic heterocycles. The molecule has 29 heavy (non-hydrogen) atoms. The molecule has 0 spiro atoms. The number of nitro benzene ring substituents is 1. The lowest BCUT2D eigenvalue weighted by atomic mass is 10.2. The number of nitro groups is 1. The number of aliphatic hydroxyl groups excluding tert-OH is 1. The summed E-state index contributed by atoms with van der Waals surface area (Å²) in [5, 5.41) is 20.0. The number of carbonyl (C=O) groups excluding carboxylic acids is 3. The summed E-state index contributed by atoms with van der Waals surface area (Å²) in [4.78, 5) is 47.0. The number of β-lactam (4-membered cyclic amide) rings is 1. The van der Waals surface area contributed by atoms with Crippen molar-refractivity contribution in [2.24, 2.45) is 0 Å². The van der Waals surface area contributed by atoms with Gasteiger partial charge in [0.25, 0.3) is 5.69 Å². The number of likely N-dealkylation sites (tertiary alicyclic amines) is 1. The van der Waals surface area contributed by atoms with Gasteiger partial charge in [0.1, 0.15) is 6.61 Å². The highest BCUT2D eigenvalue weighted by Crippen LogP contribution is 2.34. The largest absolute Gasteiger partial charge is 0.457 e. The zero-order valence-corrected chi connectivity index (χ0v) is 17.8. The lowest BCUT2D eigenvalue weighted by molar-refractivity contribution is -0.384. The van der Waals surface area contributed by atoms with E-state index < -0.39 is 28.4 Å². The molecule has 2 rings (SSSR count). The number of hydrogen-bond donors (Lipinski definition) is 1. The van der Waals surface area contributed by atoms with Gasteiger partial charge in [-0.15, -0.1) is 11.8 Å². The Balaban J connectivity index is 1.86. The Hall–Kier alpha value is -2.11. The molecule has 158 valence electrons. The fourth-order valence-electron chi connectivity index (χ4n) is 2.31. The van der Waals surface area contributed by atoms with E-state index in [0.29, 0.717) is 5.56 Å². The van der Waals surface area contributed by atoms with Gasteiger partial charge in [0.05, 0.1) is 22.5 Å². The Bertz CT molecular complexity index is 792. The lowest BCUT2D eigenvalue weighted by Crippen LogP contribution is -2.59. The van der Waals surface area contributed by atoms with E-state index in [1.807, 2.05) is 20.8 Å². The zero-order chi connectivity index (χ0) is 21.8. The Morgan fingerprint density at radius 2 is 1.97 bits per heavy atom. The molecule has 9 nitrogen and oxygen atoms in total. The van der Waals surface area contributed by atoms with Crippen molar-refractivity contribution in [1.82, 2.24) is 4.90 Å². The van der Waals surface area contributed by atoms with Crippen LogP contribution in [0.2, 0.25) is 0 Å². The van der Waals surface area contributed by atoms with Gasteiger partial charge >= 0.3 is 5.97 Å². The number of rotatable bonds is 8. The van der Waals surface area contributed by atoms with Gasteiger partial charge in [-0.05, 0) is 17.7 Å². The molecule has 1 heterocycles. The Morgan fingerprint density at radius 3 is 2.48 bits per heavy atom. The second-order valence-electron chi connectivity index (χ2n) is 7.26. The normalized spacial score (nSPS) is 17.4. The van der Waals surface area contributed by atoms with Crippen LogP contribution in [0.1, 0.15) is 32.8 Å². The first kappa shape index (κ1) is 23.2. The second-order valence-corrected chi connectivity index (χ2v) is 10.3. The highest BCUT2D eigenvalue weighted by molar-refractivity contribution is 8.16. The monoisotopic (exact) mass is 442 g/mol. The van der Waals surface area contributed by atoms with Crippen molar-refractivity contribution in [3.8, 4) is 0 Å².